The van der Waals surface area contributed by atoms with Crippen molar-refractivity contribution in [2.45, 2.75) is 43.0 Å². The third-order valence-electron chi connectivity index (χ3n) is 3.76. The Hall–Kier alpha value is -1.16. The fourth-order valence-electron chi connectivity index (χ4n) is 2.57. The van der Waals surface area contributed by atoms with Crippen LogP contribution < -0.4 is 11.1 Å². The van der Waals surface area contributed by atoms with Gasteiger partial charge in [0.1, 0.15) is 4.21 Å². The molecule has 0 bridgehead atoms. The molecule has 9 heteroatoms. The average Bonchev–Trinajstić information content (AvgIpc) is 3.04. The maximum Gasteiger partial charge on any atom is 0.252 e. The molecule has 0 radical (unpaired) electrons. The number of sulfonamides is 1. The molecule has 1 fully saturated rings. The zero-order chi connectivity index (χ0) is 17.6. The van der Waals surface area contributed by atoms with Gasteiger partial charge in [0, 0.05) is 31.1 Å². The molecule has 1 saturated heterocycles. The second kappa shape index (κ2) is 8.80. The van der Waals surface area contributed by atoms with Crippen LogP contribution in [-0.4, -0.2) is 51.5 Å². The van der Waals surface area contributed by atoms with Crippen molar-refractivity contribution in [1.29, 1.82) is 0 Å². The summed E-state index contributed by atoms with van der Waals surface area (Å²) < 4.78 is 32.2. The Labute approximate surface area is 147 Å². The van der Waals surface area contributed by atoms with Gasteiger partial charge in [0.05, 0.1) is 13.2 Å². The van der Waals surface area contributed by atoms with Crippen LogP contribution in [0.3, 0.4) is 0 Å². The van der Waals surface area contributed by atoms with E-state index in [4.69, 9.17) is 10.5 Å². The molecule has 0 spiro atoms. The third kappa shape index (κ3) is 5.17. The maximum atomic E-state index is 12.6. The summed E-state index contributed by atoms with van der Waals surface area (Å²) in [6, 6.07) is 3.53. The lowest BCUT2D eigenvalue weighted by molar-refractivity contribution is 0.179. The van der Waals surface area contributed by atoms with E-state index in [0.29, 0.717) is 36.4 Å². The molecule has 1 unspecified atom stereocenters. The van der Waals surface area contributed by atoms with Crippen molar-refractivity contribution in [3.05, 3.63) is 17.0 Å². The number of methoxy groups -OCH3 is 1. The Morgan fingerprint density at radius 1 is 1.42 bits per heavy atom. The number of rotatable bonds is 7. The molecule has 2 rings (SSSR count). The van der Waals surface area contributed by atoms with Gasteiger partial charge in [-0.05, 0) is 31.9 Å². The molecule has 1 aromatic heterocycles. The summed E-state index contributed by atoms with van der Waals surface area (Å²) in [6.07, 6.45) is 2.97. The van der Waals surface area contributed by atoms with Crippen LogP contribution in [0.25, 0.3) is 0 Å². The largest absolute Gasteiger partial charge is 0.383 e. The van der Waals surface area contributed by atoms with Gasteiger partial charge < -0.3 is 15.8 Å². The van der Waals surface area contributed by atoms with Gasteiger partial charge in [0.2, 0.25) is 0 Å². The van der Waals surface area contributed by atoms with E-state index in [0.717, 1.165) is 24.1 Å². The minimum absolute atomic E-state index is 0.0668. The molecule has 3 N–H and O–H groups in total. The minimum Gasteiger partial charge on any atom is -0.383 e. The smallest absolute Gasteiger partial charge is 0.252 e. The van der Waals surface area contributed by atoms with E-state index in [1.54, 1.807) is 23.5 Å². The monoisotopic (exact) mass is 374 g/mol. The van der Waals surface area contributed by atoms with Gasteiger partial charge in [0.25, 0.3) is 10.0 Å². The molecular weight excluding hydrogens is 348 g/mol. The predicted molar refractivity (Wildman–Crippen MR) is 96.7 cm³/mol. The number of hydrogen-bond acceptors (Lipinski definition) is 5. The first-order valence-electron chi connectivity index (χ1n) is 8.07. The molecule has 0 amide bonds. The summed E-state index contributed by atoms with van der Waals surface area (Å²) in [4.78, 5) is 5.12. The fourth-order valence-corrected chi connectivity index (χ4v) is 5.52. The number of hydrogen-bond donors (Lipinski definition) is 2. The van der Waals surface area contributed by atoms with E-state index >= 15 is 0 Å². The van der Waals surface area contributed by atoms with Crippen LogP contribution in [0.1, 0.15) is 31.1 Å². The van der Waals surface area contributed by atoms with Gasteiger partial charge in [-0.3, -0.25) is 0 Å². The van der Waals surface area contributed by atoms with Crippen LogP contribution in [0.5, 0.6) is 0 Å². The molecule has 24 heavy (non-hydrogen) atoms. The molecule has 1 aliphatic heterocycles. The van der Waals surface area contributed by atoms with E-state index < -0.39 is 10.0 Å². The SMILES string of the molecule is COCC(C)NC(N)=NCc1ccc(S(=O)(=O)N2CCCCC2)s1. The van der Waals surface area contributed by atoms with Gasteiger partial charge in [-0.25, -0.2) is 13.4 Å². The van der Waals surface area contributed by atoms with Crippen molar-refractivity contribution in [3.63, 3.8) is 0 Å². The normalized spacial score (nSPS) is 18.5. The number of piperidine rings is 1. The Morgan fingerprint density at radius 3 is 2.79 bits per heavy atom. The number of guanidine groups is 1. The first-order valence-corrected chi connectivity index (χ1v) is 10.3. The molecule has 2 heterocycles. The highest BCUT2D eigenvalue weighted by atomic mass is 32.2. The van der Waals surface area contributed by atoms with Crippen LogP contribution in [-0.2, 0) is 21.3 Å². The van der Waals surface area contributed by atoms with Crippen molar-refractivity contribution in [1.82, 2.24) is 9.62 Å². The highest BCUT2D eigenvalue weighted by molar-refractivity contribution is 7.91. The Balaban J connectivity index is 1.97. The molecule has 0 aliphatic carbocycles. The van der Waals surface area contributed by atoms with Crippen molar-refractivity contribution >= 4 is 27.3 Å². The number of nitrogens with one attached hydrogen (secondary N) is 1. The Bertz CT molecular complexity index is 651. The zero-order valence-corrected chi connectivity index (χ0v) is 15.8. The second-order valence-electron chi connectivity index (χ2n) is 5.89. The van der Waals surface area contributed by atoms with Gasteiger partial charge in [0.15, 0.2) is 5.96 Å². The summed E-state index contributed by atoms with van der Waals surface area (Å²) in [5.41, 5.74) is 5.82. The van der Waals surface area contributed by atoms with E-state index in [9.17, 15) is 8.42 Å². The second-order valence-corrected chi connectivity index (χ2v) is 9.22. The van der Waals surface area contributed by atoms with Crippen molar-refractivity contribution < 1.29 is 13.2 Å². The van der Waals surface area contributed by atoms with E-state index in [1.165, 1.54) is 11.3 Å². The predicted octanol–water partition coefficient (Wildman–Crippen LogP) is 1.36. The lowest BCUT2D eigenvalue weighted by Crippen LogP contribution is -2.40. The summed E-state index contributed by atoms with van der Waals surface area (Å²) >= 11 is 1.26. The molecule has 7 nitrogen and oxygen atoms in total. The Kier molecular flexibility index (Phi) is 7.02. The lowest BCUT2D eigenvalue weighted by Gasteiger charge is -2.25. The van der Waals surface area contributed by atoms with Gasteiger partial charge in [-0.1, -0.05) is 6.42 Å². The Morgan fingerprint density at radius 2 is 2.12 bits per heavy atom. The highest BCUT2D eigenvalue weighted by Gasteiger charge is 2.27. The highest BCUT2D eigenvalue weighted by Crippen LogP contribution is 2.27. The zero-order valence-electron chi connectivity index (χ0n) is 14.2. The molecule has 1 aliphatic rings. The summed E-state index contributed by atoms with van der Waals surface area (Å²) in [5.74, 6) is 0.327. The first kappa shape index (κ1) is 19.2. The standard InChI is InChI=1S/C15H26N4O3S2/c1-12(11-22-2)18-15(16)17-10-13-6-7-14(23-13)24(20,21)19-8-4-3-5-9-19/h6-7,12H,3-5,8-11H2,1-2H3,(H3,16,17,18). The lowest BCUT2D eigenvalue weighted by atomic mass is 10.2. The van der Waals surface area contributed by atoms with Gasteiger partial charge in [-0.15, -0.1) is 11.3 Å². The minimum atomic E-state index is -3.37. The topological polar surface area (TPSA) is 97.0 Å². The molecule has 1 atom stereocenters. The fraction of sp³-hybridized carbons (Fsp3) is 0.667. The molecular formula is C15H26N4O3S2. The maximum absolute atomic E-state index is 12.6. The van der Waals surface area contributed by atoms with E-state index in [1.807, 2.05) is 6.92 Å². The van der Waals surface area contributed by atoms with E-state index in [2.05, 4.69) is 10.3 Å². The first-order chi connectivity index (χ1) is 11.4. The van der Waals surface area contributed by atoms with Crippen molar-refractivity contribution in [2.24, 2.45) is 10.7 Å². The molecule has 136 valence electrons. The molecule has 0 saturated carbocycles. The third-order valence-corrected chi connectivity index (χ3v) is 7.20. The van der Waals surface area contributed by atoms with Crippen molar-refractivity contribution in [2.75, 3.05) is 26.8 Å². The average molecular weight is 375 g/mol. The molecule has 0 aromatic carbocycles. The van der Waals surface area contributed by atoms with Crippen molar-refractivity contribution in [3.8, 4) is 0 Å². The van der Waals surface area contributed by atoms with Crippen LogP contribution in [0.2, 0.25) is 0 Å². The quantitative estimate of drug-likeness (QED) is 0.555. The number of ether oxygens (including phenoxy) is 1. The number of nitrogens with two attached hydrogens (primary N) is 1. The number of thiophene rings is 1. The number of nitrogens with zero attached hydrogens (tertiary/aromatic N) is 2. The van der Waals surface area contributed by atoms with Crippen LogP contribution in [0.15, 0.2) is 21.3 Å². The summed E-state index contributed by atoms with van der Waals surface area (Å²) in [5, 5.41) is 3.02. The number of aliphatic imine (C=N–C) groups is 1. The van der Waals surface area contributed by atoms with Crippen LogP contribution >= 0.6 is 11.3 Å². The van der Waals surface area contributed by atoms with E-state index in [-0.39, 0.29) is 6.04 Å². The summed E-state index contributed by atoms with van der Waals surface area (Å²) in [6.45, 7) is 4.07. The summed E-state index contributed by atoms with van der Waals surface area (Å²) in [7, 11) is -1.74. The van der Waals surface area contributed by atoms with Crippen LogP contribution in [0, 0.1) is 0 Å². The molecule has 1 aromatic rings. The van der Waals surface area contributed by atoms with Crippen LogP contribution in [0.4, 0.5) is 0 Å². The van der Waals surface area contributed by atoms with Gasteiger partial charge >= 0.3 is 0 Å². The van der Waals surface area contributed by atoms with Gasteiger partial charge in [-0.2, -0.15) is 4.31 Å².